The van der Waals surface area contributed by atoms with Crippen molar-refractivity contribution >= 4 is 67.3 Å². The molecule has 0 spiro atoms. The molecule has 1 aromatic heterocycles. The van der Waals surface area contributed by atoms with Crippen LogP contribution >= 0.6 is 34.4 Å². The fraction of sp³-hybridized carbons (Fsp3) is 0.143. The van der Waals surface area contributed by atoms with Gasteiger partial charge in [-0.1, -0.05) is 23.9 Å². The summed E-state index contributed by atoms with van der Waals surface area (Å²) in [6.45, 7) is 0. The summed E-state index contributed by atoms with van der Waals surface area (Å²) in [4.78, 5) is 17.5. The number of benzene rings is 2. The number of carbonyl (C=O) groups is 1. The number of primary amides is 1. The number of carbonyl (C=O) groups excluding carboxylic acids is 1. The van der Waals surface area contributed by atoms with Crippen molar-refractivity contribution in [3.63, 3.8) is 0 Å². The molecule has 0 atom stereocenters. The molecule has 0 aliphatic heterocycles. The van der Waals surface area contributed by atoms with E-state index in [2.05, 4.69) is 15.0 Å². The van der Waals surface area contributed by atoms with Gasteiger partial charge in [0.15, 0.2) is 0 Å². The van der Waals surface area contributed by atoms with E-state index in [0.717, 1.165) is 15.3 Å². The van der Waals surface area contributed by atoms with Gasteiger partial charge >= 0.3 is 0 Å². The number of hydrogen-bond donors (Lipinski definition) is 3. The maximum Gasteiger partial charge on any atom is 0.252 e. The van der Waals surface area contributed by atoms with Gasteiger partial charge in [-0.25, -0.2) is 12.8 Å². The van der Waals surface area contributed by atoms with Crippen molar-refractivity contribution in [3.8, 4) is 0 Å². The largest absolute Gasteiger partial charge is 0.365 e. The van der Waals surface area contributed by atoms with Gasteiger partial charge < -0.3 is 11.1 Å². The van der Waals surface area contributed by atoms with E-state index in [9.17, 15) is 17.6 Å². The Bertz CT molecular complexity index is 1300. The first-order valence-corrected chi connectivity index (χ1v) is 13.0. The Balaban J connectivity index is 1.68. The van der Waals surface area contributed by atoms with Crippen LogP contribution in [0, 0.1) is 9.39 Å². The molecule has 1 aliphatic rings. The normalized spacial score (nSPS) is 13.6. The van der Waals surface area contributed by atoms with Crippen molar-refractivity contribution in [2.75, 3.05) is 10.0 Å². The third-order valence-electron chi connectivity index (χ3n) is 4.68. The van der Waals surface area contributed by atoms with Gasteiger partial charge in [-0.15, -0.1) is 0 Å². The first kappa shape index (κ1) is 22.8. The summed E-state index contributed by atoms with van der Waals surface area (Å²) in [5.74, 6) is -1.20. The molecular weight excluding hydrogens is 566 g/mol. The van der Waals surface area contributed by atoms with E-state index in [1.165, 1.54) is 18.5 Å². The fourth-order valence-corrected chi connectivity index (χ4v) is 5.94. The number of aromatic nitrogens is 1. The highest BCUT2D eigenvalue weighted by molar-refractivity contribution is 14.1. The van der Waals surface area contributed by atoms with Crippen LogP contribution in [0.4, 0.5) is 21.5 Å². The zero-order valence-electron chi connectivity index (χ0n) is 16.5. The van der Waals surface area contributed by atoms with Crippen LogP contribution in [0.1, 0.15) is 23.2 Å². The molecule has 0 radical (unpaired) electrons. The number of amides is 1. The first-order valence-electron chi connectivity index (χ1n) is 9.53. The molecule has 0 saturated heterocycles. The number of para-hydroxylation sites is 1. The second kappa shape index (κ2) is 9.24. The van der Waals surface area contributed by atoms with Gasteiger partial charge in [-0.2, -0.15) is 0 Å². The third-order valence-corrected chi connectivity index (χ3v) is 8.31. The maximum absolute atomic E-state index is 14.3. The molecule has 0 unspecified atom stereocenters. The van der Waals surface area contributed by atoms with Crippen molar-refractivity contribution in [2.24, 2.45) is 5.73 Å². The number of nitrogens with zero attached hydrogens (tertiary/aromatic N) is 1. The minimum Gasteiger partial charge on any atom is -0.365 e. The first-order chi connectivity index (χ1) is 15.2. The number of anilines is 3. The van der Waals surface area contributed by atoms with Gasteiger partial charge in [-0.05, 0) is 65.8 Å². The van der Waals surface area contributed by atoms with Crippen LogP contribution in [-0.4, -0.2) is 24.6 Å². The number of halogens is 2. The maximum atomic E-state index is 14.3. The Labute approximate surface area is 202 Å². The summed E-state index contributed by atoms with van der Waals surface area (Å²) in [6, 6.07) is 11.5. The van der Waals surface area contributed by atoms with E-state index < -0.39 is 21.7 Å². The minimum atomic E-state index is -3.46. The minimum absolute atomic E-state index is 0.128. The van der Waals surface area contributed by atoms with E-state index in [0.29, 0.717) is 28.3 Å². The average molecular weight is 584 g/mol. The van der Waals surface area contributed by atoms with E-state index >= 15 is 0 Å². The highest BCUT2D eigenvalue weighted by atomic mass is 127. The summed E-state index contributed by atoms with van der Waals surface area (Å²) in [6.07, 6.45) is 4.14. The average Bonchev–Trinajstić information content (AvgIpc) is 3.57. The van der Waals surface area contributed by atoms with Crippen molar-refractivity contribution in [1.82, 2.24) is 4.98 Å². The lowest BCUT2D eigenvalue weighted by molar-refractivity contribution is 0.0998. The third kappa shape index (κ3) is 5.15. The van der Waals surface area contributed by atoms with E-state index in [-0.39, 0.29) is 22.2 Å². The predicted molar refractivity (Wildman–Crippen MR) is 131 cm³/mol. The number of rotatable bonds is 8. The van der Waals surface area contributed by atoms with Gasteiger partial charge in [0.2, 0.25) is 10.0 Å². The Kier molecular flexibility index (Phi) is 6.58. The van der Waals surface area contributed by atoms with Gasteiger partial charge in [0.1, 0.15) is 5.82 Å². The lowest BCUT2D eigenvalue weighted by Crippen LogP contribution is -2.18. The van der Waals surface area contributed by atoms with Gasteiger partial charge in [-0.3, -0.25) is 14.5 Å². The molecule has 1 saturated carbocycles. The smallest absolute Gasteiger partial charge is 0.252 e. The lowest BCUT2D eigenvalue weighted by atomic mass is 10.2. The van der Waals surface area contributed by atoms with Crippen LogP contribution in [0.2, 0.25) is 0 Å². The summed E-state index contributed by atoms with van der Waals surface area (Å²) in [5, 5.41) is 2.51. The highest BCUT2D eigenvalue weighted by Crippen LogP contribution is 2.39. The second-order valence-corrected chi connectivity index (χ2v) is 11.4. The summed E-state index contributed by atoms with van der Waals surface area (Å²) in [7, 11) is -3.46. The Hall–Kier alpha value is -2.38. The van der Waals surface area contributed by atoms with Gasteiger partial charge in [0.25, 0.3) is 5.91 Å². The van der Waals surface area contributed by atoms with Crippen LogP contribution in [0.15, 0.2) is 64.6 Å². The SMILES string of the molecule is NC(=O)c1c(Nc2ccc(I)cc2F)cncc1Sc1ccccc1NS(=O)(=O)C1CC1. The standard InChI is InChI=1S/C21H18FIN4O3S2/c22-14-9-12(23)5-8-15(14)26-17-10-25-11-19(20(17)21(24)28)31-18-4-2-1-3-16(18)27-32(29,30)13-6-7-13/h1-5,8-11,13,26-27H,6-7H2,(H2,24,28). The molecule has 11 heteroatoms. The van der Waals surface area contributed by atoms with Crippen LogP contribution in [-0.2, 0) is 10.0 Å². The molecular formula is C21H18FIN4O3S2. The lowest BCUT2D eigenvalue weighted by Gasteiger charge is -2.16. The Morgan fingerprint density at radius 1 is 1.09 bits per heavy atom. The van der Waals surface area contributed by atoms with E-state index in [1.807, 2.05) is 22.6 Å². The van der Waals surface area contributed by atoms with Crippen LogP contribution < -0.4 is 15.8 Å². The number of nitrogens with one attached hydrogen (secondary N) is 2. The van der Waals surface area contributed by atoms with Gasteiger partial charge in [0.05, 0.1) is 34.1 Å². The molecule has 1 aliphatic carbocycles. The van der Waals surface area contributed by atoms with Gasteiger partial charge in [0, 0.05) is 19.6 Å². The molecule has 1 amide bonds. The molecule has 166 valence electrons. The zero-order chi connectivity index (χ0) is 22.9. The van der Waals surface area contributed by atoms with E-state index in [4.69, 9.17) is 5.73 Å². The van der Waals surface area contributed by atoms with Crippen molar-refractivity contribution in [1.29, 1.82) is 0 Å². The van der Waals surface area contributed by atoms with Crippen LogP contribution in [0.5, 0.6) is 0 Å². The number of pyridine rings is 1. The molecule has 4 N–H and O–H groups in total. The topological polar surface area (TPSA) is 114 Å². The Morgan fingerprint density at radius 2 is 1.84 bits per heavy atom. The molecule has 3 aromatic rings. The quantitative estimate of drug-likeness (QED) is 0.330. The molecule has 7 nitrogen and oxygen atoms in total. The van der Waals surface area contributed by atoms with Crippen molar-refractivity contribution < 1.29 is 17.6 Å². The number of hydrogen-bond acceptors (Lipinski definition) is 6. The molecule has 0 bridgehead atoms. The van der Waals surface area contributed by atoms with Crippen LogP contribution in [0.3, 0.4) is 0 Å². The molecule has 4 rings (SSSR count). The van der Waals surface area contributed by atoms with Crippen LogP contribution in [0.25, 0.3) is 0 Å². The predicted octanol–water partition coefficient (Wildman–Crippen LogP) is 4.72. The zero-order valence-corrected chi connectivity index (χ0v) is 20.3. The Morgan fingerprint density at radius 3 is 2.53 bits per heavy atom. The molecule has 2 aromatic carbocycles. The second-order valence-electron chi connectivity index (χ2n) is 7.12. The van der Waals surface area contributed by atoms with Crippen molar-refractivity contribution in [2.45, 2.75) is 27.9 Å². The fourth-order valence-electron chi connectivity index (χ4n) is 2.98. The summed E-state index contributed by atoms with van der Waals surface area (Å²) < 4.78 is 42.5. The summed E-state index contributed by atoms with van der Waals surface area (Å²) >= 11 is 3.15. The van der Waals surface area contributed by atoms with Crippen molar-refractivity contribution in [3.05, 3.63) is 69.8 Å². The number of nitrogens with two attached hydrogens (primary N) is 1. The summed E-state index contributed by atoms with van der Waals surface area (Å²) in [5.41, 5.74) is 6.60. The highest BCUT2D eigenvalue weighted by Gasteiger charge is 2.36. The molecule has 32 heavy (non-hydrogen) atoms. The molecule has 1 fully saturated rings. The molecule has 1 heterocycles. The number of sulfonamides is 1. The van der Waals surface area contributed by atoms with E-state index in [1.54, 1.807) is 36.4 Å². The monoisotopic (exact) mass is 584 g/mol.